The van der Waals surface area contributed by atoms with Crippen LogP contribution in [0.5, 0.6) is 5.75 Å². The number of carbonyl (C=O) groups excluding carboxylic acids is 2. The van der Waals surface area contributed by atoms with Gasteiger partial charge in [0.15, 0.2) is 5.69 Å². The second-order valence-corrected chi connectivity index (χ2v) is 7.58. The Kier molecular flexibility index (Phi) is 6.83. The Morgan fingerprint density at radius 3 is 2.65 bits per heavy atom. The summed E-state index contributed by atoms with van der Waals surface area (Å²) in [6, 6.07) is 7.44. The summed E-state index contributed by atoms with van der Waals surface area (Å²) in [5.74, 6) is 0.630. The third-order valence-electron chi connectivity index (χ3n) is 5.57. The lowest BCUT2D eigenvalue weighted by Gasteiger charge is -2.26. The molecule has 0 bridgehead atoms. The van der Waals surface area contributed by atoms with Crippen molar-refractivity contribution in [2.75, 3.05) is 46.6 Å². The normalized spacial score (nSPS) is 16.0. The minimum absolute atomic E-state index is 0.0564. The van der Waals surface area contributed by atoms with E-state index < -0.39 is 0 Å². The van der Waals surface area contributed by atoms with E-state index in [-0.39, 0.29) is 11.8 Å². The molecule has 2 aliphatic rings. The number of ether oxygens (including phenoxy) is 3. The number of hydrogen-bond donors (Lipinski definition) is 1. The highest BCUT2D eigenvalue weighted by Crippen LogP contribution is 2.22. The summed E-state index contributed by atoms with van der Waals surface area (Å²) in [5, 5.41) is 7.55. The van der Waals surface area contributed by atoms with Gasteiger partial charge in [-0.1, -0.05) is 12.1 Å². The third-order valence-corrected chi connectivity index (χ3v) is 5.57. The number of fused-ring (bicyclic) bond motifs is 1. The maximum Gasteiger partial charge on any atom is 0.274 e. The fourth-order valence-electron chi connectivity index (χ4n) is 3.87. The number of morpholine rings is 1. The predicted octanol–water partition coefficient (Wildman–Crippen LogP) is 0.796. The van der Waals surface area contributed by atoms with Gasteiger partial charge in [-0.25, -0.2) is 0 Å². The molecule has 0 radical (unpaired) electrons. The number of nitrogens with one attached hydrogen (secondary N) is 1. The minimum Gasteiger partial charge on any atom is -0.497 e. The standard InChI is InChI=1S/C22H28N4O5/c1-29-17-4-2-16(3-5-17)14-20(27)23-7-8-26-19-6-11-31-15-18(19)21(24-26)22(28)25-9-12-30-13-10-25/h2-5H,6-15H2,1H3,(H,23,27). The van der Waals surface area contributed by atoms with Gasteiger partial charge in [0, 0.05) is 37.3 Å². The summed E-state index contributed by atoms with van der Waals surface area (Å²) in [4.78, 5) is 27.1. The number of hydrogen-bond acceptors (Lipinski definition) is 6. The number of nitrogens with zero attached hydrogens (tertiary/aromatic N) is 3. The number of benzene rings is 1. The Morgan fingerprint density at radius 1 is 1.13 bits per heavy atom. The molecule has 2 amide bonds. The van der Waals surface area contributed by atoms with Gasteiger partial charge in [-0.3, -0.25) is 14.3 Å². The second-order valence-electron chi connectivity index (χ2n) is 7.58. The number of aromatic nitrogens is 2. The second kappa shape index (κ2) is 9.93. The molecule has 0 saturated carbocycles. The quantitative estimate of drug-likeness (QED) is 0.701. The van der Waals surface area contributed by atoms with Crippen molar-refractivity contribution in [2.45, 2.75) is 26.0 Å². The van der Waals surface area contributed by atoms with E-state index in [0.29, 0.717) is 71.1 Å². The van der Waals surface area contributed by atoms with Gasteiger partial charge in [0.1, 0.15) is 5.75 Å². The van der Waals surface area contributed by atoms with E-state index >= 15 is 0 Å². The highest BCUT2D eigenvalue weighted by atomic mass is 16.5. The molecule has 1 saturated heterocycles. The smallest absolute Gasteiger partial charge is 0.274 e. The van der Waals surface area contributed by atoms with Crippen LogP contribution < -0.4 is 10.1 Å². The Bertz CT molecular complexity index is 919. The Morgan fingerprint density at radius 2 is 1.90 bits per heavy atom. The molecule has 3 heterocycles. The van der Waals surface area contributed by atoms with Crippen LogP contribution in [0, 0.1) is 0 Å². The van der Waals surface area contributed by atoms with E-state index in [1.54, 1.807) is 12.0 Å². The number of amides is 2. The number of carbonyl (C=O) groups is 2. The zero-order chi connectivity index (χ0) is 21.6. The van der Waals surface area contributed by atoms with Gasteiger partial charge < -0.3 is 24.4 Å². The van der Waals surface area contributed by atoms with Crippen molar-refractivity contribution in [2.24, 2.45) is 0 Å². The summed E-state index contributed by atoms with van der Waals surface area (Å²) in [6.07, 6.45) is 1.01. The van der Waals surface area contributed by atoms with Crippen molar-refractivity contribution < 1.29 is 23.8 Å². The molecule has 1 N–H and O–H groups in total. The van der Waals surface area contributed by atoms with E-state index in [4.69, 9.17) is 14.2 Å². The molecule has 0 aliphatic carbocycles. The number of methoxy groups -OCH3 is 1. The zero-order valence-corrected chi connectivity index (χ0v) is 17.8. The van der Waals surface area contributed by atoms with Gasteiger partial charge in [-0.2, -0.15) is 5.10 Å². The minimum atomic E-state index is -0.0765. The van der Waals surface area contributed by atoms with Gasteiger partial charge in [0.05, 0.1) is 46.5 Å². The van der Waals surface area contributed by atoms with E-state index in [1.807, 2.05) is 28.9 Å². The van der Waals surface area contributed by atoms with Crippen molar-refractivity contribution in [3.05, 3.63) is 46.8 Å². The van der Waals surface area contributed by atoms with Crippen LogP contribution in [-0.2, 0) is 40.3 Å². The maximum atomic E-state index is 13.0. The van der Waals surface area contributed by atoms with Crippen molar-refractivity contribution >= 4 is 11.8 Å². The molecule has 0 atom stereocenters. The van der Waals surface area contributed by atoms with Crippen LogP contribution in [0.3, 0.4) is 0 Å². The van der Waals surface area contributed by atoms with Crippen LogP contribution >= 0.6 is 0 Å². The highest BCUT2D eigenvalue weighted by molar-refractivity contribution is 5.94. The molecule has 1 fully saturated rings. The topological polar surface area (TPSA) is 94.9 Å². The summed E-state index contributed by atoms with van der Waals surface area (Å²) < 4.78 is 17.9. The lowest BCUT2D eigenvalue weighted by atomic mass is 10.1. The highest BCUT2D eigenvalue weighted by Gasteiger charge is 2.29. The fraction of sp³-hybridized carbons (Fsp3) is 0.500. The van der Waals surface area contributed by atoms with Gasteiger partial charge in [0.25, 0.3) is 5.91 Å². The molecule has 1 aromatic heterocycles. The lowest BCUT2D eigenvalue weighted by molar-refractivity contribution is -0.120. The molecule has 4 rings (SSSR count). The Hall–Kier alpha value is -2.91. The first-order valence-corrected chi connectivity index (χ1v) is 10.6. The summed E-state index contributed by atoms with van der Waals surface area (Å²) in [5.41, 5.74) is 3.27. The van der Waals surface area contributed by atoms with Crippen LogP contribution in [-0.4, -0.2) is 73.1 Å². The molecular formula is C22H28N4O5. The summed E-state index contributed by atoms with van der Waals surface area (Å²) in [7, 11) is 1.61. The average Bonchev–Trinajstić information content (AvgIpc) is 3.18. The van der Waals surface area contributed by atoms with E-state index in [9.17, 15) is 9.59 Å². The van der Waals surface area contributed by atoms with Crippen LogP contribution in [0.1, 0.15) is 27.3 Å². The van der Waals surface area contributed by atoms with Gasteiger partial charge >= 0.3 is 0 Å². The van der Waals surface area contributed by atoms with Crippen molar-refractivity contribution in [3.8, 4) is 5.75 Å². The first-order chi connectivity index (χ1) is 15.2. The van der Waals surface area contributed by atoms with Gasteiger partial charge in [0.2, 0.25) is 5.91 Å². The average molecular weight is 428 g/mol. The van der Waals surface area contributed by atoms with E-state index in [0.717, 1.165) is 22.6 Å². The van der Waals surface area contributed by atoms with E-state index in [1.165, 1.54) is 0 Å². The maximum absolute atomic E-state index is 13.0. The van der Waals surface area contributed by atoms with Crippen molar-refractivity contribution in [1.29, 1.82) is 0 Å². The molecule has 9 nitrogen and oxygen atoms in total. The van der Waals surface area contributed by atoms with Gasteiger partial charge in [-0.15, -0.1) is 0 Å². The first-order valence-electron chi connectivity index (χ1n) is 10.6. The molecule has 166 valence electrons. The molecule has 9 heteroatoms. The van der Waals surface area contributed by atoms with Gasteiger partial charge in [-0.05, 0) is 17.7 Å². The molecule has 0 unspecified atom stereocenters. The monoisotopic (exact) mass is 428 g/mol. The Balaban J connectivity index is 1.37. The molecular weight excluding hydrogens is 400 g/mol. The zero-order valence-electron chi connectivity index (χ0n) is 17.8. The lowest BCUT2D eigenvalue weighted by Crippen LogP contribution is -2.41. The van der Waals surface area contributed by atoms with Crippen molar-refractivity contribution in [3.63, 3.8) is 0 Å². The Labute approximate surface area is 181 Å². The van der Waals surface area contributed by atoms with Crippen LogP contribution in [0.15, 0.2) is 24.3 Å². The summed E-state index contributed by atoms with van der Waals surface area (Å²) in [6.45, 7) is 4.18. The molecule has 31 heavy (non-hydrogen) atoms. The molecule has 2 aliphatic heterocycles. The van der Waals surface area contributed by atoms with Crippen molar-refractivity contribution in [1.82, 2.24) is 20.0 Å². The van der Waals surface area contributed by atoms with Crippen LogP contribution in [0.25, 0.3) is 0 Å². The molecule has 0 spiro atoms. The number of rotatable bonds is 7. The third kappa shape index (κ3) is 5.05. The van der Waals surface area contributed by atoms with Crippen LogP contribution in [0.4, 0.5) is 0 Å². The predicted molar refractivity (Wildman–Crippen MR) is 112 cm³/mol. The van der Waals surface area contributed by atoms with E-state index in [2.05, 4.69) is 10.4 Å². The molecule has 2 aromatic rings. The summed E-state index contributed by atoms with van der Waals surface area (Å²) >= 11 is 0. The largest absolute Gasteiger partial charge is 0.497 e. The fourth-order valence-corrected chi connectivity index (χ4v) is 3.87. The van der Waals surface area contributed by atoms with Crippen LogP contribution in [0.2, 0.25) is 0 Å². The SMILES string of the molecule is COc1ccc(CC(=O)NCCn2nc(C(=O)N3CCOCC3)c3c2CCOC3)cc1. The first kappa shape index (κ1) is 21.3. The molecule has 1 aromatic carbocycles.